The molecule has 2 aromatic rings. The van der Waals surface area contributed by atoms with Gasteiger partial charge in [0, 0.05) is 17.0 Å². The maximum atomic E-state index is 6.01. The van der Waals surface area contributed by atoms with Crippen molar-refractivity contribution >= 4 is 24.0 Å². The van der Waals surface area contributed by atoms with Crippen LogP contribution in [0.1, 0.15) is 41.5 Å². The second-order valence-corrected chi connectivity index (χ2v) is 6.23. The van der Waals surface area contributed by atoms with Gasteiger partial charge in [-0.15, -0.1) is 12.4 Å². The Hall–Kier alpha value is -1.02. The summed E-state index contributed by atoms with van der Waals surface area (Å²) in [4.78, 5) is 2.33. The van der Waals surface area contributed by atoms with E-state index >= 15 is 0 Å². The number of hydrogen-bond donors (Lipinski definition) is 0. The van der Waals surface area contributed by atoms with Gasteiger partial charge in [-0.2, -0.15) is 0 Å². The molecule has 0 spiro atoms. The van der Waals surface area contributed by atoms with Gasteiger partial charge in [-0.3, -0.25) is 0 Å². The topological polar surface area (TPSA) is 3.24 Å². The molecule has 3 rings (SSSR count). The van der Waals surface area contributed by atoms with Crippen molar-refractivity contribution in [1.29, 1.82) is 0 Å². The lowest BCUT2D eigenvalue weighted by molar-refractivity contribution is 0.263. The zero-order valence-electron chi connectivity index (χ0n) is 12.4. The zero-order chi connectivity index (χ0) is 14.1. The molecule has 0 saturated heterocycles. The Balaban J connectivity index is 0.00000161. The number of halogens is 2. The number of hydrogen-bond acceptors (Lipinski definition) is 1. The Kier molecular flexibility index (Phi) is 5.32. The first-order valence-electron chi connectivity index (χ1n) is 7.17. The third-order valence-corrected chi connectivity index (χ3v) is 4.61. The Morgan fingerprint density at radius 2 is 1.52 bits per heavy atom. The Bertz CT molecular complexity index is 592. The number of rotatable bonds is 2. The first-order chi connectivity index (χ1) is 9.66. The average molecular weight is 322 g/mol. The molecule has 0 fully saturated rings. The number of nitrogens with zero attached hydrogens (tertiary/aromatic N) is 1. The summed E-state index contributed by atoms with van der Waals surface area (Å²) >= 11 is 6.01. The fourth-order valence-corrected chi connectivity index (χ4v) is 3.47. The first-order valence-corrected chi connectivity index (χ1v) is 7.55. The molecule has 0 unspecified atom stereocenters. The summed E-state index contributed by atoms with van der Waals surface area (Å²) in [5, 5.41) is 0.809. The normalized spacial score (nSPS) is 20.8. The van der Waals surface area contributed by atoms with Gasteiger partial charge in [-0.05, 0) is 55.8 Å². The Labute approximate surface area is 138 Å². The van der Waals surface area contributed by atoms with Gasteiger partial charge < -0.3 is 4.90 Å². The maximum Gasteiger partial charge on any atom is 0.0406 e. The summed E-state index contributed by atoms with van der Waals surface area (Å²) in [6.45, 7) is 0. The van der Waals surface area contributed by atoms with Gasteiger partial charge >= 0.3 is 0 Å². The predicted molar refractivity (Wildman–Crippen MR) is 92.6 cm³/mol. The highest BCUT2D eigenvalue weighted by Gasteiger charge is 2.28. The molecule has 21 heavy (non-hydrogen) atoms. The minimum absolute atomic E-state index is 0. The Morgan fingerprint density at radius 3 is 2.14 bits per heavy atom. The van der Waals surface area contributed by atoms with Crippen LogP contribution in [0.3, 0.4) is 0 Å². The van der Waals surface area contributed by atoms with Crippen molar-refractivity contribution < 1.29 is 0 Å². The highest BCUT2D eigenvalue weighted by atomic mass is 35.5. The highest BCUT2D eigenvalue weighted by Crippen LogP contribution is 2.42. The number of benzene rings is 2. The molecule has 0 heterocycles. The zero-order valence-corrected chi connectivity index (χ0v) is 14.0. The molecule has 112 valence electrons. The van der Waals surface area contributed by atoms with E-state index < -0.39 is 0 Å². The standard InChI is InChI=1S/C18H20ClN.ClH/c1-20(2)18-12-11-15(13-7-9-14(19)10-8-13)16-5-3-4-6-17(16)18;/h3-10,15,18H,11-12H2,1-2H3;1H/t15-,18+;/m0./s1. The van der Waals surface area contributed by atoms with Crippen LogP contribution in [0.5, 0.6) is 0 Å². The third kappa shape index (κ3) is 3.26. The van der Waals surface area contributed by atoms with E-state index in [-0.39, 0.29) is 12.4 Å². The van der Waals surface area contributed by atoms with Crippen molar-refractivity contribution in [2.24, 2.45) is 0 Å². The van der Waals surface area contributed by atoms with Gasteiger partial charge in [-0.25, -0.2) is 0 Å². The lowest BCUT2D eigenvalue weighted by Crippen LogP contribution is -2.26. The molecule has 0 aliphatic heterocycles. The van der Waals surface area contributed by atoms with E-state index in [4.69, 9.17) is 11.6 Å². The molecule has 0 radical (unpaired) electrons. The molecule has 2 aromatic carbocycles. The first kappa shape index (κ1) is 16.4. The van der Waals surface area contributed by atoms with E-state index in [1.807, 2.05) is 12.1 Å². The van der Waals surface area contributed by atoms with Crippen LogP contribution >= 0.6 is 24.0 Å². The van der Waals surface area contributed by atoms with Gasteiger partial charge in [0.05, 0.1) is 0 Å². The lowest BCUT2D eigenvalue weighted by atomic mass is 9.76. The molecule has 1 aliphatic carbocycles. The third-order valence-electron chi connectivity index (χ3n) is 4.35. The second kappa shape index (κ2) is 6.83. The highest BCUT2D eigenvalue weighted by molar-refractivity contribution is 6.30. The van der Waals surface area contributed by atoms with Crippen LogP contribution in [0.2, 0.25) is 5.02 Å². The minimum Gasteiger partial charge on any atom is -0.302 e. The average Bonchev–Trinajstić information content (AvgIpc) is 2.47. The molecule has 0 amide bonds. The van der Waals surface area contributed by atoms with E-state index in [9.17, 15) is 0 Å². The van der Waals surface area contributed by atoms with Crippen LogP contribution in [-0.4, -0.2) is 19.0 Å². The van der Waals surface area contributed by atoms with E-state index in [0.29, 0.717) is 12.0 Å². The molecule has 2 atom stereocenters. The molecule has 1 aliphatic rings. The molecule has 0 saturated carbocycles. The summed E-state index contributed by atoms with van der Waals surface area (Å²) in [7, 11) is 4.34. The summed E-state index contributed by atoms with van der Waals surface area (Å²) in [5.74, 6) is 0.500. The molecular formula is C18H21Cl2N. The SMILES string of the molecule is CN(C)[C@@H]1CC[C@@H](c2ccc(Cl)cc2)c2ccccc21.Cl. The molecule has 0 bridgehead atoms. The van der Waals surface area contributed by atoms with Crippen molar-refractivity contribution in [2.75, 3.05) is 14.1 Å². The van der Waals surface area contributed by atoms with Crippen LogP contribution in [-0.2, 0) is 0 Å². The van der Waals surface area contributed by atoms with Gasteiger partial charge in [-0.1, -0.05) is 48.0 Å². The smallest absolute Gasteiger partial charge is 0.0406 e. The van der Waals surface area contributed by atoms with E-state index in [1.165, 1.54) is 29.5 Å². The molecule has 0 aromatic heterocycles. The molecule has 1 nitrogen and oxygen atoms in total. The van der Waals surface area contributed by atoms with Crippen LogP contribution in [0.4, 0.5) is 0 Å². The molecule has 0 N–H and O–H groups in total. The van der Waals surface area contributed by atoms with Crippen LogP contribution in [0, 0.1) is 0 Å². The largest absolute Gasteiger partial charge is 0.302 e. The van der Waals surface area contributed by atoms with Gasteiger partial charge in [0.25, 0.3) is 0 Å². The summed E-state index contributed by atoms with van der Waals surface area (Å²) in [6.07, 6.45) is 2.40. The maximum absolute atomic E-state index is 6.01. The minimum atomic E-state index is 0. The van der Waals surface area contributed by atoms with Crippen molar-refractivity contribution in [1.82, 2.24) is 4.90 Å². The fraction of sp³-hybridized carbons (Fsp3) is 0.333. The Morgan fingerprint density at radius 1 is 0.905 bits per heavy atom. The van der Waals surface area contributed by atoms with E-state index in [2.05, 4.69) is 55.4 Å². The fourth-order valence-electron chi connectivity index (χ4n) is 3.34. The second-order valence-electron chi connectivity index (χ2n) is 5.79. The van der Waals surface area contributed by atoms with E-state index in [0.717, 1.165) is 5.02 Å². The molecule has 3 heteroatoms. The summed E-state index contributed by atoms with van der Waals surface area (Å²) in [5.41, 5.74) is 4.32. The quantitative estimate of drug-likeness (QED) is 0.726. The van der Waals surface area contributed by atoms with Crippen molar-refractivity contribution in [3.63, 3.8) is 0 Å². The van der Waals surface area contributed by atoms with Crippen LogP contribution in [0.15, 0.2) is 48.5 Å². The molecular weight excluding hydrogens is 301 g/mol. The monoisotopic (exact) mass is 321 g/mol. The lowest BCUT2D eigenvalue weighted by Gasteiger charge is -2.35. The van der Waals surface area contributed by atoms with Crippen LogP contribution < -0.4 is 0 Å². The summed E-state index contributed by atoms with van der Waals surface area (Å²) < 4.78 is 0. The van der Waals surface area contributed by atoms with Gasteiger partial charge in [0.15, 0.2) is 0 Å². The van der Waals surface area contributed by atoms with Gasteiger partial charge in [0.1, 0.15) is 0 Å². The van der Waals surface area contributed by atoms with Crippen LogP contribution in [0.25, 0.3) is 0 Å². The predicted octanol–water partition coefficient (Wildman–Crippen LogP) is 5.29. The van der Waals surface area contributed by atoms with Crippen molar-refractivity contribution in [2.45, 2.75) is 24.8 Å². The summed E-state index contributed by atoms with van der Waals surface area (Å²) in [6, 6.07) is 17.7. The van der Waals surface area contributed by atoms with E-state index in [1.54, 1.807) is 0 Å². The van der Waals surface area contributed by atoms with Crippen molar-refractivity contribution in [3.8, 4) is 0 Å². The number of fused-ring (bicyclic) bond motifs is 1. The van der Waals surface area contributed by atoms with Crippen molar-refractivity contribution in [3.05, 3.63) is 70.2 Å². The van der Waals surface area contributed by atoms with Gasteiger partial charge in [0.2, 0.25) is 0 Å².